The maximum absolute atomic E-state index is 10.9. The van der Waals surface area contributed by atoms with E-state index in [2.05, 4.69) is 18.7 Å². The van der Waals surface area contributed by atoms with Crippen LogP contribution in [0.3, 0.4) is 0 Å². The van der Waals surface area contributed by atoms with Crippen LogP contribution in [-0.4, -0.2) is 18.0 Å². The van der Waals surface area contributed by atoms with Gasteiger partial charge in [-0.05, 0) is 43.2 Å². The number of anilines is 1. The molecule has 0 spiro atoms. The van der Waals surface area contributed by atoms with Gasteiger partial charge in [-0.2, -0.15) is 5.26 Å². The van der Waals surface area contributed by atoms with E-state index < -0.39 is 4.92 Å². The van der Waals surface area contributed by atoms with Crippen molar-refractivity contribution in [2.24, 2.45) is 5.41 Å². The largest absolute Gasteiger partial charge is 0.372 e. The van der Waals surface area contributed by atoms with Crippen molar-refractivity contribution in [2.75, 3.05) is 11.9 Å². The average molecular weight is 287 g/mol. The lowest BCUT2D eigenvalue weighted by Crippen LogP contribution is -2.37. The van der Waals surface area contributed by atoms with E-state index in [0.29, 0.717) is 11.5 Å². The highest BCUT2D eigenvalue weighted by atomic mass is 16.6. The third-order valence-electron chi connectivity index (χ3n) is 4.56. The summed E-state index contributed by atoms with van der Waals surface area (Å²) >= 11 is 0. The first-order valence-electron chi connectivity index (χ1n) is 7.25. The van der Waals surface area contributed by atoms with Crippen molar-refractivity contribution in [1.29, 1.82) is 5.26 Å². The van der Waals surface area contributed by atoms with E-state index in [1.165, 1.54) is 18.9 Å². The summed E-state index contributed by atoms with van der Waals surface area (Å²) in [6, 6.07) is 7.14. The van der Waals surface area contributed by atoms with Gasteiger partial charge >= 0.3 is 0 Å². The summed E-state index contributed by atoms with van der Waals surface area (Å²) in [5, 5.41) is 20.0. The predicted molar refractivity (Wildman–Crippen MR) is 82.3 cm³/mol. The molecule has 1 saturated carbocycles. The lowest BCUT2D eigenvalue weighted by Gasteiger charge is -2.39. The van der Waals surface area contributed by atoms with Gasteiger partial charge in [-0.1, -0.05) is 13.8 Å². The molecule has 112 valence electrons. The lowest BCUT2D eigenvalue weighted by molar-refractivity contribution is -0.385. The van der Waals surface area contributed by atoms with Crippen molar-refractivity contribution in [3.8, 4) is 6.07 Å². The van der Waals surface area contributed by atoms with Gasteiger partial charge in [0.05, 0.1) is 4.92 Å². The third-order valence-corrected chi connectivity index (χ3v) is 4.56. The minimum atomic E-state index is -0.508. The summed E-state index contributed by atoms with van der Waals surface area (Å²) in [6.07, 6.45) is 4.59. The van der Waals surface area contributed by atoms with E-state index in [9.17, 15) is 10.1 Å². The second-order valence-corrected chi connectivity index (χ2v) is 6.58. The van der Waals surface area contributed by atoms with Crippen molar-refractivity contribution >= 4 is 11.4 Å². The molecule has 2 rings (SSSR count). The molecule has 1 aliphatic carbocycles. The standard InChI is InChI=1S/C16H21N3O2/c1-16(2)8-6-13(7-9-16)18(3)14-4-5-15(19(20)21)12(10-14)11-17/h4-5,10,13H,6-9H2,1-3H3. The molecule has 1 aromatic carbocycles. The van der Waals surface area contributed by atoms with E-state index in [0.717, 1.165) is 18.5 Å². The molecule has 0 atom stereocenters. The Morgan fingerprint density at radius 3 is 2.52 bits per heavy atom. The molecule has 0 aliphatic heterocycles. The van der Waals surface area contributed by atoms with E-state index in [4.69, 9.17) is 5.26 Å². The zero-order valence-corrected chi connectivity index (χ0v) is 12.8. The van der Waals surface area contributed by atoms with Gasteiger partial charge in [0.25, 0.3) is 5.69 Å². The molecule has 0 radical (unpaired) electrons. The molecule has 0 amide bonds. The van der Waals surface area contributed by atoms with Gasteiger partial charge in [0.2, 0.25) is 0 Å². The number of nitro benzene ring substituents is 1. The Bertz CT molecular complexity index is 580. The smallest absolute Gasteiger partial charge is 0.287 e. The number of hydrogen-bond acceptors (Lipinski definition) is 4. The highest BCUT2D eigenvalue weighted by Gasteiger charge is 2.29. The van der Waals surface area contributed by atoms with Crippen molar-refractivity contribution in [3.05, 3.63) is 33.9 Å². The Hall–Kier alpha value is -2.09. The van der Waals surface area contributed by atoms with Crippen LogP contribution in [0, 0.1) is 26.9 Å². The number of nitriles is 1. The van der Waals surface area contributed by atoms with E-state index in [1.54, 1.807) is 12.1 Å². The maximum Gasteiger partial charge on any atom is 0.287 e. The Kier molecular flexibility index (Phi) is 4.17. The van der Waals surface area contributed by atoms with Crippen molar-refractivity contribution in [1.82, 2.24) is 0 Å². The number of nitrogens with zero attached hydrogens (tertiary/aromatic N) is 3. The quantitative estimate of drug-likeness (QED) is 0.625. The number of hydrogen-bond donors (Lipinski definition) is 0. The summed E-state index contributed by atoms with van der Waals surface area (Å²) in [5.41, 5.74) is 1.28. The minimum Gasteiger partial charge on any atom is -0.372 e. The molecule has 0 saturated heterocycles. The summed E-state index contributed by atoms with van der Waals surface area (Å²) < 4.78 is 0. The van der Waals surface area contributed by atoms with Crippen LogP contribution in [-0.2, 0) is 0 Å². The molecule has 0 heterocycles. The first-order chi connectivity index (χ1) is 9.84. The van der Waals surface area contributed by atoms with E-state index in [-0.39, 0.29) is 11.3 Å². The molecule has 1 aromatic rings. The molecule has 0 N–H and O–H groups in total. The van der Waals surface area contributed by atoms with Crippen LogP contribution in [0.4, 0.5) is 11.4 Å². The van der Waals surface area contributed by atoms with E-state index >= 15 is 0 Å². The average Bonchev–Trinajstić information content (AvgIpc) is 2.45. The Morgan fingerprint density at radius 1 is 1.38 bits per heavy atom. The fourth-order valence-electron chi connectivity index (χ4n) is 2.97. The Morgan fingerprint density at radius 2 is 2.00 bits per heavy atom. The summed E-state index contributed by atoms with van der Waals surface area (Å²) in [5.74, 6) is 0. The highest BCUT2D eigenvalue weighted by Crippen LogP contribution is 2.38. The van der Waals surface area contributed by atoms with Gasteiger partial charge in [0.15, 0.2) is 0 Å². The van der Waals surface area contributed by atoms with Gasteiger partial charge < -0.3 is 4.90 Å². The molecule has 5 nitrogen and oxygen atoms in total. The van der Waals surface area contributed by atoms with Gasteiger partial charge in [-0.15, -0.1) is 0 Å². The topological polar surface area (TPSA) is 70.2 Å². The zero-order valence-electron chi connectivity index (χ0n) is 12.8. The zero-order chi connectivity index (χ0) is 15.6. The monoisotopic (exact) mass is 287 g/mol. The lowest BCUT2D eigenvalue weighted by atomic mass is 9.75. The molecule has 0 unspecified atom stereocenters. The van der Waals surface area contributed by atoms with Crippen molar-refractivity contribution in [2.45, 2.75) is 45.6 Å². The van der Waals surface area contributed by atoms with Gasteiger partial charge in [0.1, 0.15) is 11.6 Å². The SMILES string of the molecule is CN(c1ccc([N+](=O)[O-])c(C#N)c1)C1CCC(C)(C)CC1. The van der Waals surface area contributed by atoms with Gasteiger partial charge in [0, 0.05) is 24.8 Å². The van der Waals surface area contributed by atoms with Crippen LogP contribution < -0.4 is 4.90 Å². The Balaban J connectivity index is 2.19. The third kappa shape index (κ3) is 3.33. The van der Waals surface area contributed by atoms with Crippen LogP contribution in [0.5, 0.6) is 0 Å². The van der Waals surface area contributed by atoms with Gasteiger partial charge in [-0.25, -0.2) is 0 Å². The second kappa shape index (κ2) is 5.72. The maximum atomic E-state index is 10.9. The predicted octanol–water partition coefficient (Wildman–Crippen LogP) is 3.87. The number of nitro groups is 1. The Labute approximate surface area is 125 Å². The fourth-order valence-corrected chi connectivity index (χ4v) is 2.97. The summed E-state index contributed by atoms with van der Waals surface area (Å²) in [7, 11) is 2.01. The van der Waals surface area contributed by atoms with Crippen LogP contribution >= 0.6 is 0 Å². The number of rotatable bonds is 3. The fraction of sp³-hybridized carbons (Fsp3) is 0.562. The number of benzene rings is 1. The molecule has 0 bridgehead atoms. The minimum absolute atomic E-state index is 0.125. The van der Waals surface area contributed by atoms with Crippen molar-refractivity contribution < 1.29 is 4.92 Å². The van der Waals surface area contributed by atoms with Gasteiger partial charge in [-0.3, -0.25) is 10.1 Å². The van der Waals surface area contributed by atoms with Crippen LogP contribution in [0.25, 0.3) is 0 Å². The molecular formula is C16H21N3O2. The summed E-state index contributed by atoms with van der Waals surface area (Å²) in [6.45, 7) is 4.59. The molecular weight excluding hydrogens is 266 g/mol. The first kappa shape index (κ1) is 15.3. The normalized spacial score (nSPS) is 18.0. The summed E-state index contributed by atoms with van der Waals surface area (Å²) in [4.78, 5) is 12.5. The van der Waals surface area contributed by atoms with Crippen LogP contribution in [0.15, 0.2) is 18.2 Å². The van der Waals surface area contributed by atoms with Crippen molar-refractivity contribution in [3.63, 3.8) is 0 Å². The molecule has 21 heavy (non-hydrogen) atoms. The molecule has 1 aliphatic rings. The van der Waals surface area contributed by atoms with E-state index in [1.807, 2.05) is 13.1 Å². The highest BCUT2D eigenvalue weighted by molar-refractivity contribution is 5.60. The van der Waals surface area contributed by atoms with Crippen LogP contribution in [0.1, 0.15) is 45.1 Å². The molecule has 1 fully saturated rings. The first-order valence-corrected chi connectivity index (χ1v) is 7.25. The molecule has 5 heteroatoms. The second-order valence-electron chi connectivity index (χ2n) is 6.58. The van der Waals surface area contributed by atoms with Crippen LogP contribution in [0.2, 0.25) is 0 Å². The molecule has 0 aromatic heterocycles.